The van der Waals surface area contributed by atoms with Gasteiger partial charge >= 0.3 is 0 Å². The Hall–Kier alpha value is -5.94. The Balaban J connectivity index is 1.43. The molecule has 0 fully saturated rings. The van der Waals surface area contributed by atoms with Crippen LogP contribution in [0.5, 0.6) is 0 Å². The van der Waals surface area contributed by atoms with Crippen LogP contribution in [0.4, 0.5) is 5.69 Å². The molecule has 8 bridgehead atoms. The summed E-state index contributed by atoms with van der Waals surface area (Å²) in [5.41, 5.74) is 24.7. The first-order chi connectivity index (χ1) is 27.6. The van der Waals surface area contributed by atoms with Crippen LogP contribution in [0.1, 0.15) is 122 Å². The third kappa shape index (κ3) is 7.96. The van der Waals surface area contributed by atoms with Crippen molar-refractivity contribution in [3.05, 3.63) is 177 Å². The zero-order valence-electron chi connectivity index (χ0n) is 36.8. The lowest BCUT2D eigenvalue weighted by Gasteiger charge is -2.27. The van der Waals surface area contributed by atoms with Gasteiger partial charge in [0.1, 0.15) is 0 Å². The van der Waals surface area contributed by atoms with Crippen molar-refractivity contribution in [2.75, 3.05) is 5.73 Å². The van der Waals surface area contributed by atoms with E-state index in [9.17, 15) is 0 Å². The van der Waals surface area contributed by atoms with Crippen LogP contribution in [-0.4, -0.2) is 22.8 Å². The van der Waals surface area contributed by atoms with Crippen molar-refractivity contribution in [3.8, 4) is 0 Å². The highest BCUT2D eigenvalue weighted by Gasteiger charge is 2.29. The standard InChI is InChI=1S/C54H57N5/c1-51(2,3)35-25-33(26-36(29-35)52(4,5)6)49-42-19-17-40(56-42)31-41-18-20-43(57-41)50(34-27-37(53(7,8)9)30-38(28-34)54(10,11)12)47-24-22-45(59-47)48(44-21-23-46(49)58-44)32-13-15-39(55)16-14-32/h13-31H,55H2,1-12H3. The van der Waals surface area contributed by atoms with Gasteiger partial charge in [0, 0.05) is 22.4 Å². The third-order valence-corrected chi connectivity index (χ3v) is 11.5. The molecule has 5 heteroatoms. The number of nitrogens with zero attached hydrogens (tertiary/aromatic N) is 4. The number of nitrogen functional groups attached to an aromatic ring is 1. The van der Waals surface area contributed by atoms with E-state index in [0.29, 0.717) is 5.69 Å². The number of fused-ring (bicyclic) bond motifs is 4. The summed E-state index contributed by atoms with van der Waals surface area (Å²) in [4.78, 5) is 21.5. The quantitative estimate of drug-likeness (QED) is 0.264. The second-order valence-corrected chi connectivity index (χ2v) is 20.4. The zero-order chi connectivity index (χ0) is 42.2. The van der Waals surface area contributed by atoms with Crippen molar-refractivity contribution >= 4 is 45.3 Å². The summed E-state index contributed by atoms with van der Waals surface area (Å²) >= 11 is 0. The minimum atomic E-state index is -0.0610. The molecule has 8 rings (SSSR count). The Labute approximate surface area is 351 Å². The van der Waals surface area contributed by atoms with Crippen LogP contribution in [0.2, 0.25) is 0 Å². The van der Waals surface area contributed by atoms with E-state index in [1.165, 1.54) is 22.3 Å². The number of nitrogens with two attached hydrogens (primary N) is 1. The highest BCUT2D eigenvalue weighted by Crippen LogP contribution is 2.40. The molecule has 0 spiro atoms. The molecule has 0 unspecified atom stereocenters. The summed E-state index contributed by atoms with van der Waals surface area (Å²) < 4.78 is 0. The van der Waals surface area contributed by atoms with Crippen LogP contribution in [0.25, 0.3) is 16.7 Å². The van der Waals surface area contributed by atoms with Crippen molar-refractivity contribution in [2.24, 2.45) is 20.0 Å². The molecule has 298 valence electrons. The van der Waals surface area contributed by atoms with E-state index in [4.69, 9.17) is 25.7 Å². The van der Waals surface area contributed by atoms with Gasteiger partial charge in [0.15, 0.2) is 0 Å². The van der Waals surface area contributed by atoms with E-state index < -0.39 is 0 Å². The first kappa shape index (κ1) is 39.9. The molecular weight excluding hydrogens is 719 g/mol. The molecule has 0 saturated heterocycles. The van der Waals surface area contributed by atoms with E-state index in [1.807, 2.05) is 12.1 Å². The van der Waals surface area contributed by atoms with Crippen molar-refractivity contribution in [1.29, 1.82) is 0 Å². The van der Waals surface area contributed by atoms with Gasteiger partial charge in [-0.3, -0.25) is 0 Å². The summed E-state index contributed by atoms with van der Waals surface area (Å²) in [6.07, 6.45) is 19.0. The van der Waals surface area contributed by atoms with Gasteiger partial charge in [0.05, 0.1) is 45.6 Å². The minimum absolute atomic E-state index is 0.0610. The number of allylic oxidation sites excluding steroid dienone is 12. The second-order valence-electron chi connectivity index (χ2n) is 20.4. The molecule has 0 amide bonds. The van der Waals surface area contributed by atoms with E-state index in [-0.39, 0.29) is 21.7 Å². The number of rotatable bonds is 3. The number of hydrogen-bond donors (Lipinski definition) is 1. The molecule has 0 aromatic heterocycles. The highest BCUT2D eigenvalue weighted by atomic mass is 14.9. The lowest BCUT2D eigenvalue weighted by Crippen LogP contribution is -2.17. The Morgan fingerprint density at radius 2 is 0.746 bits per heavy atom. The number of anilines is 1. The summed E-state index contributed by atoms with van der Waals surface area (Å²) in [6.45, 7) is 27.3. The highest BCUT2D eigenvalue weighted by molar-refractivity contribution is 6.37. The van der Waals surface area contributed by atoms with Gasteiger partial charge in [-0.25, -0.2) is 20.0 Å². The average Bonchev–Trinajstić information content (AvgIpc) is 3.98. The maximum absolute atomic E-state index is 6.25. The molecule has 5 aliphatic heterocycles. The number of aliphatic imine (C=N–C) groups is 4. The van der Waals surface area contributed by atoms with Crippen LogP contribution in [-0.2, 0) is 21.7 Å². The smallest absolute Gasteiger partial charge is 0.0738 e. The van der Waals surface area contributed by atoms with Crippen molar-refractivity contribution in [1.82, 2.24) is 0 Å². The fourth-order valence-electron chi connectivity index (χ4n) is 7.83. The predicted octanol–water partition coefficient (Wildman–Crippen LogP) is 12.9. The summed E-state index contributed by atoms with van der Waals surface area (Å²) in [7, 11) is 0. The second kappa shape index (κ2) is 14.1. The van der Waals surface area contributed by atoms with Crippen molar-refractivity contribution < 1.29 is 0 Å². The molecule has 0 atom stereocenters. The molecule has 5 heterocycles. The monoisotopic (exact) mass is 775 g/mol. The summed E-state index contributed by atoms with van der Waals surface area (Å²) in [5.74, 6) is 0. The van der Waals surface area contributed by atoms with Gasteiger partial charge < -0.3 is 5.73 Å². The SMILES string of the molecule is CC(C)(C)c1cc(C2=C3C=CC(=N3)C=C3C=CC(=N3)C(c3cc(C(C)(C)C)cc(C(C)(C)C)c3)=C3C=CC(=N3)C(c3ccc(N)cc3)=C3C=CC2=N3)cc(C(C)(C)C)c1. The van der Waals surface area contributed by atoms with Crippen LogP contribution in [0.3, 0.4) is 0 Å². The third-order valence-electron chi connectivity index (χ3n) is 11.5. The Kier molecular flexibility index (Phi) is 9.54. The number of benzene rings is 3. The average molecular weight is 776 g/mol. The van der Waals surface area contributed by atoms with Crippen molar-refractivity contribution in [2.45, 2.75) is 105 Å². The topological polar surface area (TPSA) is 75.5 Å². The van der Waals surface area contributed by atoms with Gasteiger partial charge in [-0.1, -0.05) is 132 Å². The Morgan fingerprint density at radius 3 is 1.19 bits per heavy atom. The first-order valence-corrected chi connectivity index (χ1v) is 20.8. The van der Waals surface area contributed by atoms with E-state index in [0.717, 1.165) is 79.0 Å². The first-order valence-electron chi connectivity index (χ1n) is 20.8. The minimum Gasteiger partial charge on any atom is -0.399 e. The maximum Gasteiger partial charge on any atom is 0.0738 e. The molecule has 0 aliphatic carbocycles. The molecule has 59 heavy (non-hydrogen) atoms. The van der Waals surface area contributed by atoms with Gasteiger partial charge in [-0.2, -0.15) is 0 Å². The molecule has 5 nitrogen and oxygen atoms in total. The van der Waals surface area contributed by atoms with E-state index in [2.05, 4.69) is 186 Å². The van der Waals surface area contributed by atoms with Crippen LogP contribution in [0.15, 0.2) is 158 Å². The Morgan fingerprint density at radius 1 is 0.373 bits per heavy atom. The normalized spacial score (nSPS) is 17.9. The van der Waals surface area contributed by atoms with Crippen LogP contribution < -0.4 is 5.73 Å². The van der Waals surface area contributed by atoms with Gasteiger partial charge in [-0.15, -0.1) is 0 Å². The molecular formula is C54H57N5. The van der Waals surface area contributed by atoms with Crippen LogP contribution in [0, 0.1) is 0 Å². The van der Waals surface area contributed by atoms with Crippen LogP contribution >= 0.6 is 0 Å². The van der Waals surface area contributed by atoms with Gasteiger partial charge in [0.2, 0.25) is 0 Å². The summed E-state index contributed by atoms with van der Waals surface area (Å²) in [6, 6.07) is 22.1. The van der Waals surface area contributed by atoms with Gasteiger partial charge in [0.25, 0.3) is 0 Å². The largest absolute Gasteiger partial charge is 0.399 e. The van der Waals surface area contributed by atoms with Gasteiger partial charge in [-0.05, 0) is 127 Å². The summed E-state index contributed by atoms with van der Waals surface area (Å²) in [5, 5.41) is 0. The molecule has 2 N–H and O–H groups in total. The lowest BCUT2D eigenvalue weighted by molar-refractivity contribution is 0.567. The van der Waals surface area contributed by atoms with E-state index >= 15 is 0 Å². The molecule has 5 aliphatic rings. The fraction of sp³-hybridized carbons (Fsp3) is 0.296. The maximum atomic E-state index is 6.25. The molecule has 0 radical (unpaired) electrons. The Bertz CT molecular complexity index is 2550. The molecule has 0 saturated carbocycles. The molecule has 3 aromatic rings. The lowest BCUT2D eigenvalue weighted by atomic mass is 9.78. The predicted molar refractivity (Wildman–Crippen MR) is 254 cm³/mol. The molecule has 3 aromatic carbocycles. The zero-order valence-corrected chi connectivity index (χ0v) is 36.8. The van der Waals surface area contributed by atoms with Crippen molar-refractivity contribution in [3.63, 3.8) is 0 Å². The number of hydrogen-bond acceptors (Lipinski definition) is 5. The van der Waals surface area contributed by atoms with E-state index in [1.54, 1.807) is 0 Å². The fourth-order valence-corrected chi connectivity index (χ4v) is 7.83.